The fraction of sp³-hybridized carbons (Fsp3) is 0.333. The van der Waals surface area contributed by atoms with Gasteiger partial charge in [0.2, 0.25) is 0 Å². The summed E-state index contributed by atoms with van der Waals surface area (Å²) in [5.41, 5.74) is 15.3. The first-order valence-corrected chi connectivity index (χ1v) is 13.7. The zero-order valence-electron chi connectivity index (χ0n) is 24.7. The quantitative estimate of drug-likeness (QED) is 0.247. The number of nitrogens with two attached hydrogens (primary N) is 2. The number of halogens is 3. The second-order valence-corrected chi connectivity index (χ2v) is 11.1. The molecule has 0 amide bonds. The van der Waals surface area contributed by atoms with Crippen LogP contribution in [0.2, 0.25) is 5.15 Å². The van der Waals surface area contributed by atoms with Crippen LogP contribution in [-0.4, -0.2) is 38.3 Å². The highest BCUT2D eigenvalue weighted by atomic mass is 35.5. The van der Waals surface area contributed by atoms with Gasteiger partial charge in [-0.15, -0.1) is 0 Å². The lowest BCUT2D eigenvalue weighted by atomic mass is 9.79. The van der Waals surface area contributed by atoms with Crippen molar-refractivity contribution >= 4 is 24.2 Å². The van der Waals surface area contributed by atoms with Crippen LogP contribution in [0.5, 0.6) is 0 Å². The summed E-state index contributed by atoms with van der Waals surface area (Å²) in [6.45, 7) is 12.6. The molecule has 0 saturated carbocycles. The molecule has 42 heavy (non-hydrogen) atoms. The Labute approximate surface area is 251 Å². The second kappa shape index (κ2) is 14.2. The van der Waals surface area contributed by atoms with Crippen molar-refractivity contribution in [1.29, 1.82) is 0 Å². The molecule has 0 bridgehead atoms. The van der Waals surface area contributed by atoms with Gasteiger partial charge >= 0.3 is 7.12 Å². The third-order valence-electron chi connectivity index (χ3n) is 6.84. The van der Waals surface area contributed by atoms with Crippen LogP contribution in [0.3, 0.4) is 0 Å². The minimum atomic E-state index is -0.524. The molecule has 1 aliphatic rings. The zero-order valence-corrected chi connectivity index (χ0v) is 25.4. The normalized spacial score (nSPS) is 14.9. The Morgan fingerprint density at radius 2 is 1.29 bits per heavy atom. The summed E-state index contributed by atoms with van der Waals surface area (Å²) >= 11 is 5.31. The summed E-state index contributed by atoms with van der Waals surface area (Å²) in [6.07, 6.45) is 6.47. The van der Waals surface area contributed by atoms with E-state index in [1.165, 1.54) is 18.3 Å². The zero-order chi connectivity index (χ0) is 31.1. The van der Waals surface area contributed by atoms with Crippen LogP contribution < -0.4 is 16.9 Å². The third kappa shape index (κ3) is 8.59. The van der Waals surface area contributed by atoms with Crippen LogP contribution >= 0.6 is 11.6 Å². The van der Waals surface area contributed by atoms with Crippen LogP contribution in [0.1, 0.15) is 50.2 Å². The van der Waals surface area contributed by atoms with Gasteiger partial charge in [0.25, 0.3) is 0 Å². The molecule has 5 heterocycles. The first-order chi connectivity index (χ1) is 19.8. The molecule has 0 radical (unpaired) electrons. The van der Waals surface area contributed by atoms with Crippen molar-refractivity contribution in [1.82, 2.24) is 19.9 Å². The minimum Gasteiger partial charge on any atom is -0.399 e. The monoisotopic (exact) mass is 596 g/mol. The van der Waals surface area contributed by atoms with Crippen LogP contribution in [0.25, 0.3) is 11.3 Å². The van der Waals surface area contributed by atoms with E-state index in [-0.39, 0.29) is 35.8 Å². The van der Waals surface area contributed by atoms with Crippen LogP contribution in [0.4, 0.5) is 8.78 Å². The topological polar surface area (TPSA) is 122 Å². The standard InChI is InChI=1S/C12H18BNO2.C12H12FN3.C6H6ClFN2/c1-9-8-10(6-7-14-9)13-15-11(2,3)12(4,5)16-13;1-8-4-10(2-3-15-8)12-11(13)5-9(6-14)7-16-12;7-6-5(8)1-4(2-9)3-10-6/h6-8H,1-5H3;2-5,7H,6,14H2,1H3;1,3H,2,9H2. The lowest BCUT2D eigenvalue weighted by Crippen LogP contribution is -2.41. The molecule has 0 atom stereocenters. The van der Waals surface area contributed by atoms with E-state index >= 15 is 0 Å². The molecule has 4 N–H and O–H groups in total. The van der Waals surface area contributed by atoms with Gasteiger partial charge in [-0.05, 0) is 94.5 Å². The fourth-order valence-corrected chi connectivity index (χ4v) is 3.86. The summed E-state index contributed by atoms with van der Waals surface area (Å²) in [7, 11) is -0.285. The van der Waals surface area contributed by atoms with Crippen molar-refractivity contribution in [3.8, 4) is 11.3 Å². The molecule has 8 nitrogen and oxygen atoms in total. The molecule has 5 rings (SSSR count). The summed E-state index contributed by atoms with van der Waals surface area (Å²) in [5, 5.41) is -0.114. The molecular formula is C30H36BClF2N6O2. The molecular weight excluding hydrogens is 561 g/mol. The average Bonchev–Trinajstić information content (AvgIpc) is 3.17. The van der Waals surface area contributed by atoms with Crippen molar-refractivity contribution < 1.29 is 18.1 Å². The van der Waals surface area contributed by atoms with E-state index in [9.17, 15) is 8.78 Å². The van der Waals surface area contributed by atoms with Crippen LogP contribution in [0, 0.1) is 25.5 Å². The molecule has 222 valence electrons. The van der Waals surface area contributed by atoms with Crippen molar-refractivity contribution in [3.05, 3.63) is 100 Å². The van der Waals surface area contributed by atoms with Gasteiger partial charge in [0.05, 0.1) is 11.2 Å². The SMILES string of the molecule is Cc1cc(-c2ncc(CN)cc2F)ccn1.Cc1cc(B2OC(C)(C)C(C)(C)O2)ccn1.NCc1cnc(Cl)c(F)c1. The number of hydrogen-bond donors (Lipinski definition) is 2. The van der Waals surface area contributed by atoms with E-state index in [1.54, 1.807) is 30.7 Å². The molecule has 12 heteroatoms. The van der Waals surface area contributed by atoms with Gasteiger partial charge in [-0.1, -0.05) is 11.6 Å². The van der Waals surface area contributed by atoms with Crippen molar-refractivity contribution in [2.24, 2.45) is 11.5 Å². The molecule has 4 aromatic rings. The lowest BCUT2D eigenvalue weighted by molar-refractivity contribution is 0.00578. The van der Waals surface area contributed by atoms with Crippen molar-refractivity contribution in [3.63, 3.8) is 0 Å². The van der Waals surface area contributed by atoms with E-state index in [0.717, 1.165) is 22.4 Å². The Morgan fingerprint density at radius 3 is 1.79 bits per heavy atom. The minimum absolute atomic E-state index is 0.114. The largest absolute Gasteiger partial charge is 0.494 e. The molecule has 4 aromatic heterocycles. The van der Waals surface area contributed by atoms with Crippen LogP contribution in [-0.2, 0) is 22.4 Å². The summed E-state index contributed by atoms with van der Waals surface area (Å²) in [6, 6.07) is 10.2. The Morgan fingerprint density at radius 1 is 0.762 bits per heavy atom. The van der Waals surface area contributed by atoms with E-state index in [0.29, 0.717) is 23.4 Å². The smallest absolute Gasteiger partial charge is 0.399 e. The summed E-state index contributed by atoms with van der Waals surface area (Å²) < 4.78 is 38.1. The maximum atomic E-state index is 13.7. The maximum absolute atomic E-state index is 13.7. The molecule has 0 aromatic carbocycles. The summed E-state index contributed by atoms with van der Waals surface area (Å²) in [5.74, 6) is -0.877. The van der Waals surface area contributed by atoms with Gasteiger partial charge in [-0.3, -0.25) is 15.0 Å². The molecule has 1 aliphatic heterocycles. The highest BCUT2D eigenvalue weighted by molar-refractivity contribution is 6.62. The number of hydrogen-bond acceptors (Lipinski definition) is 8. The number of nitrogens with zero attached hydrogens (tertiary/aromatic N) is 4. The van der Waals surface area contributed by atoms with Gasteiger partial charge in [-0.2, -0.15) is 0 Å². The molecule has 0 unspecified atom stereocenters. The lowest BCUT2D eigenvalue weighted by Gasteiger charge is -2.32. The van der Waals surface area contributed by atoms with E-state index in [1.807, 2.05) is 26.0 Å². The first kappa shape index (κ1) is 33.2. The third-order valence-corrected chi connectivity index (χ3v) is 7.12. The molecule has 0 spiro atoms. The van der Waals surface area contributed by atoms with Gasteiger partial charge in [0, 0.05) is 54.8 Å². The molecule has 1 fully saturated rings. The van der Waals surface area contributed by atoms with Crippen molar-refractivity contribution in [2.45, 2.75) is 65.8 Å². The van der Waals surface area contributed by atoms with E-state index in [2.05, 4.69) is 47.6 Å². The van der Waals surface area contributed by atoms with Gasteiger partial charge in [0.1, 0.15) is 11.5 Å². The average molecular weight is 597 g/mol. The Kier molecular flexibility index (Phi) is 11.2. The highest BCUT2D eigenvalue weighted by Gasteiger charge is 2.51. The number of aryl methyl sites for hydroxylation is 2. The second-order valence-electron chi connectivity index (χ2n) is 10.7. The number of rotatable bonds is 4. The predicted molar refractivity (Wildman–Crippen MR) is 162 cm³/mol. The van der Waals surface area contributed by atoms with E-state index in [4.69, 9.17) is 32.4 Å². The Bertz CT molecular complexity index is 1490. The van der Waals surface area contributed by atoms with E-state index < -0.39 is 5.82 Å². The van der Waals surface area contributed by atoms with Gasteiger partial charge in [-0.25, -0.2) is 13.8 Å². The predicted octanol–water partition coefficient (Wildman–Crippen LogP) is 5.07. The first-order valence-electron chi connectivity index (χ1n) is 13.3. The van der Waals surface area contributed by atoms with Gasteiger partial charge < -0.3 is 20.8 Å². The van der Waals surface area contributed by atoms with Crippen molar-refractivity contribution in [2.75, 3.05) is 0 Å². The van der Waals surface area contributed by atoms with Gasteiger partial charge in [0.15, 0.2) is 11.0 Å². The Balaban J connectivity index is 0.000000178. The van der Waals surface area contributed by atoms with Crippen LogP contribution in [0.15, 0.2) is 61.2 Å². The fourth-order valence-electron chi connectivity index (χ4n) is 3.76. The number of pyridine rings is 4. The Hall–Kier alpha value is -3.35. The summed E-state index contributed by atoms with van der Waals surface area (Å²) in [4.78, 5) is 15.9. The highest BCUT2D eigenvalue weighted by Crippen LogP contribution is 2.36. The molecule has 0 aliphatic carbocycles. The molecule has 1 saturated heterocycles. The number of aromatic nitrogens is 4. The maximum Gasteiger partial charge on any atom is 0.494 e.